The maximum Gasteiger partial charge on any atom is 0.270 e. The first kappa shape index (κ1) is 8.98. The van der Waals surface area contributed by atoms with Gasteiger partial charge < -0.3 is 14.8 Å². The molecular weight excluding hydrogens is 202 g/mol. The summed E-state index contributed by atoms with van der Waals surface area (Å²) in [6.45, 7) is 0. The fourth-order valence-corrected chi connectivity index (χ4v) is 2.00. The summed E-state index contributed by atoms with van der Waals surface area (Å²) >= 11 is 0. The van der Waals surface area contributed by atoms with Crippen molar-refractivity contribution in [2.75, 3.05) is 0 Å². The van der Waals surface area contributed by atoms with E-state index in [1.165, 1.54) is 18.2 Å². The van der Waals surface area contributed by atoms with E-state index < -0.39 is 10.9 Å². The molecule has 14 heavy (non-hydrogen) atoms. The van der Waals surface area contributed by atoms with Crippen molar-refractivity contribution >= 4 is 10.9 Å². The van der Waals surface area contributed by atoms with Crippen LogP contribution in [0, 0.1) is 0 Å². The molecule has 0 amide bonds. The van der Waals surface area contributed by atoms with Crippen molar-refractivity contribution < 1.29 is 14.8 Å². The summed E-state index contributed by atoms with van der Waals surface area (Å²) in [6, 6.07) is 7.56. The van der Waals surface area contributed by atoms with Gasteiger partial charge in [0.25, 0.3) is 5.88 Å². The number of hydrogen-bond acceptors (Lipinski definition) is 4. The maximum atomic E-state index is 11.3. The molecule has 0 saturated carbocycles. The highest BCUT2D eigenvalue weighted by Gasteiger charge is 2.14. The second-order valence-electron chi connectivity index (χ2n) is 2.75. The molecule has 4 nitrogen and oxygen atoms in total. The Hall–Kier alpha value is -1.59. The second-order valence-corrected chi connectivity index (χ2v) is 3.87. The Balaban J connectivity index is 2.49. The first-order valence-electron chi connectivity index (χ1n) is 3.87. The van der Waals surface area contributed by atoms with Gasteiger partial charge in [0.15, 0.2) is 0 Å². The SMILES string of the molecule is [O-][s+]1nc(O)cc1-c1ccc(O)cc1. The third-order valence-corrected chi connectivity index (χ3v) is 2.86. The van der Waals surface area contributed by atoms with Crippen molar-refractivity contribution in [2.24, 2.45) is 0 Å². The highest BCUT2D eigenvalue weighted by atomic mass is 32.2. The lowest BCUT2D eigenvalue weighted by Gasteiger charge is -1.95. The van der Waals surface area contributed by atoms with Gasteiger partial charge in [-0.2, -0.15) is 0 Å². The van der Waals surface area contributed by atoms with Crippen LogP contribution in [0.25, 0.3) is 10.4 Å². The lowest BCUT2D eigenvalue weighted by atomic mass is 10.2. The smallest absolute Gasteiger partial charge is 0.270 e. The molecule has 0 radical (unpaired) electrons. The van der Waals surface area contributed by atoms with E-state index in [1.807, 2.05) is 0 Å². The third kappa shape index (κ3) is 1.55. The summed E-state index contributed by atoms with van der Waals surface area (Å²) < 4.78 is 14.8. The Labute approximate surface area is 83.0 Å². The minimum atomic E-state index is -1.53. The van der Waals surface area contributed by atoms with Crippen LogP contribution in [0.5, 0.6) is 11.6 Å². The highest BCUT2D eigenvalue weighted by Crippen LogP contribution is 2.33. The third-order valence-electron chi connectivity index (χ3n) is 1.78. The Bertz CT molecular complexity index is 450. The van der Waals surface area contributed by atoms with Gasteiger partial charge in [-0.25, -0.2) is 0 Å². The van der Waals surface area contributed by atoms with Crippen molar-refractivity contribution in [3.63, 3.8) is 0 Å². The van der Waals surface area contributed by atoms with Crippen molar-refractivity contribution in [1.29, 1.82) is 0 Å². The molecule has 72 valence electrons. The number of phenolic OH excluding ortho intramolecular Hbond substituents is 1. The van der Waals surface area contributed by atoms with Gasteiger partial charge in [-0.1, -0.05) is 0 Å². The zero-order valence-corrected chi connectivity index (χ0v) is 7.86. The summed E-state index contributed by atoms with van der Waals surface area (Å²) in [7, 11) is -1.53. The summed E-state index contributed by atoms with van der Waals surface area (Å²) in [6.07, 6.45) is 0. The lowest BCUT2D eigenvalue weighted by molar-refractivity contribution is 0.458. The molecule has 0 bridgehead atoms. The fourth-order valence-electron chi connectivity index (χ4n) is 1.14. The molecule has 0 aliphatic heterocycles. The van der Waals surface area contributed by atoms with Crippen LogP contribution in [-0.2, 0) is 0 Å². The molecule has 0 fully saturated rings. The molecule has 1 atom stereocenters. The van der Waals surface area contributed by atoms with Crippen LogP contribution in [-0.4, -0.2) is 19.1 Å². The van der Waals surface area contributed by atoms with Crippen LogP contribution in [0.15, 0.2) is 30.3 Å². The number of hydrogen-bond donors (Lipinski definition) is 2. The highest BCUT2D eigenvalue weighted by molar-refractivity contribution is 7.23. The molecule has 1 aromatic carbocycles. The molecule has 1 heterocycles. The molecule has 0 spiro atoms. The number of aromatic nitrogens is 1. The number of nitrogens with zero attached hydrogens (tertiary/aromatic N) is 1. The van der Waals surface area contributed by atoms with E-state index in [0.29, 0.717) is 10.4 Å². The molecule has 2 rings (SSSR count). The lowest BCUT2D eigenvalue weighted by Crippen LogP contribution is -1.73. The molecule has 0 aliphatic carbocycles. The molecular formula is C9H7NO3S. The van der Waals surface area contributed by atoms with Gasteiger partial charge in [0.05, 0.1) is 17.0 Å². The van der Waals surface area contributed by atoms with Gasteiger partial charge in [-0.3, -0.25) is 0 Å². The minimum Gasteiger partial charge on any atom is -0.568 e. The van der Waals surface area contributed by atoms with Crippen LogP contribution in [0.1, 0.15) is 0 Å². The number of aromatic hydroxyl groups is 2. The topological polar surface area (TPSA) is 76.4 Å². The predicted molar refractivity (Wildman–Crippen MR) is 51.7 cm³/mol. The Morgan fingerprint density at radius 2 is 1.79 bits per heavy atom. The second kappa shape index (κ2) is 3.28. The van der Waals surface area contributed by atoms with E-state index >= 15 is 0 Å². The standard InChI is InChI=1S/C9H7NO3S/c11-7-3-1-6(2-4-7)8-5-9(12)10-14(8)13/h1-5,11H,(H,10,12). The monoisotopic (exact) mass is 209 g/mol. The minimum absolute atomic E-state index is 0.142. The average molecular weight is 209 g/mol. The number of rotatable bonds is 1. The molecule has 0 saturated heterocycles. The number of phenols is 1. The van der Waals surface area contributed by atoms with E-state index in [-0.39, 0.29) is 11.6 Å². The van der Waals surface area contributed by atoms with Gasteiger partial charge in [-0.15, -0.1) is 0 Å². The van der Waals surface area contributed by atoms with Gasteiger partial charge in [0.1, 0.15) is 5.75 Å². The molecule has 2 aromatic rings. The van der Waals surface area contributed by atoms with Gasteiger partial charge >= 0.3 is 0 Å². The largest absolute Gasteiger partial charge is 0.568 e. The zero-order valence-electron chi connectivity index (χ0n) is 7.04. The van der Waals surface area contributed by atoms with E-state index in [2.05, 4.69) is 4.37 Å². The van der Waals surface area contributed by atoms with Gasteiger partial charge in [0.2, 0.25) is 4.88 Å². The molecule has 5 heteroatoms. The van der Waals surface area contributed by atoms with Gasteiger partial charge in [0, 0.05) is 9.94 Å². The van der Waals surface area contributed by atoms with Crippen molar-refractivity contribution in [1.82, 2.24) is 4.37 Å². The summed E-state index contributed by atoms with van der Waals surface area (Å²) in [5.41, 5.74) is 0.675. The molecule has 1 aromatic heterocycles. The molecule has 1 unspecified atom stereocenters. The van der Waals surface area contributed by atoms with Crippen LogP contribution >= 0.6 is 10.9 Å². The van der Waals surface area contributed by atoms with E-state index in [1.54, 1.807) is 12.1 Å². The quantitative estimate of drug-likeness (QED) is 0.703. The first-order chi connectivity index (χ1) is 6.66. The van der Waals surface area contributed by atoms with Crippen LogP contribution in [0.4, 0.5) is 0 Å². The number of benzene rings is 1. The maximum absolute atomic E-state index is 11.3. The van der Waals surface area contributed by atoms with Crippen LogP contribution < -0.4 is 0 Å². The normalized spacial score (nSPS) is 11.6. The van der Waals surface area contributed by atoms with Crippen molar-refractivity contribution in [3.05, 3.63) is 30.3 Å². The summed E-state index contributed by atoms with van der Waals surface area (Å²) in [4.78, 5) is 0.447. The Morgan fingerprint density at radius 1 is 1.14 bits per heavy atom. The van der Waals surface area contributed by atoms with Crippen molar-refractivity contribution in [2.45, 2.75) is 0 Å². The predicted octanol–water partition coefficient (Wildman–Crippen LogP) is 1.89. The Morgan fingerprint density at radius 3 is 2.29 bits per heavy atom. The average Bonchev–Trinajstić information content (AvgIpc) is 2.47. The van der Waals surface area contributed by atoms with E-state index in [0.717, 1.165) is 0 Å². The fraction of sp³-hybridized carbons (Fsp3) is 0. The zero-order chi connectivity index (χ0) is 10.1. The van der Waals surface area contributed by atoms with E-state index in [4.69, 9.17) is 10.2 Å². The summed E-state index contributed by atoms with van der Waals surface area (Å²) in [5.74, 6) is -0.0883. The van der Waals surface area contributed by atoms with Crippen LogP contribution in [0.2, 0.25) is 0 Å². The first-order valence-corrected chi connectivity index (χ1v) is 4.98. The Kier molecular flexibility index (Phi) is 2.11. The van der Waals surface area contributed by atoms with Crippen LogP contribution in [0.3, 0.4) is 0 Å². The van der Waals surface area contributed by atoms with E-state index in [9.17, 15) is 4.55 Å². The summed E-state index contributed by atoms with van der Waals surface area (Å²) in [5, 5.41) is 18.1. The molecule has 2 N–H and O–H groups in total. The van der Waals surface area contributed by atoms with Gasteiger partial charge in [-0.05, 0) is 24.3 Å². The van der Waals surface area contributed by atoms with Crippen molar-refractivity contribution in [3.8, 4) is 22.1 Å². The molecule has 0 aliphatic rings.